The first-order chi connectivity index (χ1) is 10.3. The van der Waals surface area contributed by atoms with Gasteiger partial charge in [0.15, 0.2) is 0 Å². The summed E-state index contributed by atoms with van der Waals surface area (Å²) in [5.74, 6) is 0.0652. The Labute approximate surface area is 136 Å². The Balaban J connectivity index is 2.05. The number of thiophene rings is 1. The van der Waals surface area contributed by atoms with Crippen LogP contribution < -0.4 is 5.32 Å². The molecule has 22 heavy (non-hydrogen) atoms. The quantitative estimate of drug-likeness (QED) is 0.891. The molecule has 1 amide bonds. The zero-order valence-electron chi connectivity index (χ0n) is 13.3. The zero-order valence-corrected chi connectivity index (χ0v) is 14.9. The summed E-state index contributed by atoms with van der Waals surface area (Å²) in [4.78, 5) is 12.3. The SMILES string of the molecule is CC(C)[C@@H](C)NC(=O)[C@H]1CCCN(S(=O)(=O)c2cccs2)C1. The number of rotatable bonds is 5. The van der Waals surface area contributed by atoms with E-state index < -0.39 is 10.0 Å². The summed E-state index contributed by atoms with van der Waals surface area (Å²) in [7, 11) is -3.46. The fraction of sp³-hybridized carbons (Fsp3) is 0.667. The lowest BCUT2D eigenvalue weighted by Crippen LogP contribution is -2.47. The molecule has 0 saturated carbocycles. The van der Waals surface area contributed by atoms with Crippen molar-refractivity contribution >= 4 is 27.3 Å². The van der Waals surface area contributed by atoms with Crippen LogP contribution in [-0.4, -0.2) is 37.8 Å². The van der Waals surface area contributed by atoms with Crippen LogP contribution in [-0.2, 0) is 14.8 Å². The van der Waals surface area contributed by atoms with Gasteiger partial charge in [0, 0.05) is 19.1 Å². The number of carbonyl (C=O) groups excluding carboxylic acids is 1. The van der Waals surface area contributed by atoms with Gasteiger partial charge in [-0.1, -0.05) is 19.9 Å². The highest BCUT2D eigenvalue weighted by Gasteiger charge is 2.34. The molecule has 0 aliphatic carbocycles. The van der Waals surface area contributed by atoms with E-state index in [0.29, 0.717) is 16.7 Å². The van der Waals surface area contributed by atoms with Gasteiger partial charge in [-0.2, -0.15) is 4.31 Å². The molecule has 1 N–H and O–H groups in total. The Kier molecular flexibility index (Phi) is 5.63. The maximum absolute atomic E-state index is 12.6. The average Bonchev–Trinajstić information content (AvgIpc) is 3.02. The van der Waals surface area contributed by atoms with E-state index in [9.17, 15) is 13.2 Å². The van der Waals surface area contributed by atoms with Gasteiger partial charge in [-0.3, -0.25) is 4.79 Å². The molecule has 2 rings (SSSR count). The van der Waals surface area contributed by atoms with Gasteiger partial charge in [-0.15, -0.1) is 11.3 Å². The summed E-state index contributed by atoms with van der Waals surface area (Å²) < 4.78 is 26.9. The molecular weight excluding hydrogens is 320 g/mol. The summed E-state index contributed by atoms with van der Waals surface area (Å²) in [5, 5.41) is 4.75. The lowest BCUT2D eigenvalue weighted by atomic mass is 9.97. The van der Waals surface area contributed by atoms with Crippen LogP contribution in [0, 0.1) is 11.8 Å². The van der Waals surface area contributed by atoms with Crippen molar-refractivity contribution in [3.05, 3.63) is 17.5 Å². The highest BCUT2D eigenvalue weighted by Crippen LogP contribution is 2.26. The van der Waals surface area contributed by atoms with Crippen LogP contribution in [0.4, 0.5) is 0 Å². The molecule has 2 atom stereocenters. The molecule has 5 nitrogen and oxygen atoms in total. The summed E-state index contributed by atoms with van der Waals surface area (Å²) >= 11 is 1.22. The van der Waals surface area contributed by atoms with Crippen molar-refractivity contribution in [1.29, 1.82) is 0 Å². The van der Waals surface area contributed by atoms with Crippen LogP contribution in [0.2, 0.25) is 0 Å². The molecule has 7 heteroatoms. The lowest BCUT2D eigenvalue weighted by molar-refractivity contribution is -0.127. The Morgan fingerprint density at radius 1 is 1.41 bits per heavy atom. The van der Waals surface area contributed by atoms with Crippen LogP contribution in [0.3, 0.4) is 0 Å². The normalized spacial score (nSPS) is 21.7. The average molecular weight is 345 g/mol. The molecule has 124 valence electrons. The molecule has 0 unspecified atom stereocenters. The molecule has 1 aromatic heterocycles. The van der Waals surface area contributed by atoms with Gasteiger partial charge >= 0.3 is 0 Å². The van der Waals surface area contributed by atoms with Crippen molar-refractivity contribution in [3.8, 4) is 0 Å². The smallest absolute Gasteiger partial charge is 0.252 e. The van der Waals surface area contributed by atoms with E-state index in [1.165, 1.54) is 15.6 Å². The molecule has 1 aliphatic rings. The lowest BCUT2D eigenvalue weighted by Gasteiger charge is -2.31. The molecule has 0 bridgehead atoms. The number of amides is 1. The van der Waals surface area contributed by atoms with E-state index in [4.69, 9.17) is 0 Å². The van der Waals surface area contributed by atoms with Crippen LogP contribution in [0.1, 0.15) is 33.6 Å². The van der Waals surface area contributed by atoms with E-state index in [-0.39, 0.29) is 24.4 Å². The van der Waals surface area contributed by atoms with Crippen molar-refractivity contribution in [2.45, 2.75) is 43.9 Å². The van der Waals surface area contributed by atoms with Crippen LogP contribution in [0.5, 0.6) is 0 Å². The highest BCUT2D eigenvalue weighted by atomic mass is 32.2. The van der Waals surface area contributed by atoms with Gasteiger partial charge in [-0.05, 0) is 37.1 Å². The number of sulfonamides is 1. The largest absolute Gasteiger partial charge is 0.353 e. The minimum atomic E-state index is -3.46. The van der Waals surface area contributed by atoms with Crippen LogP contribution in [0.25, 0.3) is 0 Å². The Bertz CT molecular complexity index is 596. The third-order valence-electron chi connectivity index (χ3n) is 4.21. The minimum Gasteiger partial charge on any atom is -0.353 e. The van der Waals surface area contributed by atoms with Gasteiger partial charge in [0.05, 0.1) is 5.92 Å². The maximum atomic E-state index is 12.6. The van der Waals surface area contributed by atoms with E-state index in [2.05, 4.69) is 19.2 Å². The second kappa shape index (κ2) is 7.10. The zero-order chi connectivity index (χ0) is 16.3. The third kappa shape index (κ3) is 3.88. The minimum absolute atomic E-state index is 0.0349. The number of carbonyl (C=O) groups is 1. The number of piperidine rings is 1. The number of hydrogen-bond donors (Lipinski definition) is 1. The fourth-order valence-electron chi connectivity index (χ4n) is 2.42. The number of nitrogens with zero attached hydrogens (tertiary/aromatic N) is 1. The molecule has 0 radical (unpaired) electrons. The summed E-state index contributed by atoms with van der Waals surface area (Å²) in [6.45, 7) is 6.85. The predicted octanol–water partition coefficient (Wildman–Crippen LogP) is 2.31. The van der Waals surface area contributed by atoms with Gasteiger partial charge in [0.2, 0.25) is 5.91 Å². The van der Waals surface area contributed by atoms with Crippen LogP contribution in [0.15, 0.2) is 21.7 Å². The van der Waals surface area contributed by atoms with Gasteiger partial charge in [0.1, 0.15) is 4.21 Å². The molecule has 0 spiro atoms. The van der Waals surface area contributed by atoms with E-state index >= 15 is 0 Å². The summed E-state index contributed by atoms with van der Waals surface area (Å²) in [6, 6.07) is 3.44. The van der Waals surface area contributed by atoms with Crippen molar-refractivity contribution in [1.82, 2.24) is 9.62 Å². The molecule has 1 aliphatic heterocycles. The highest BCUT2D eigenvalue weighted by molar-refractivity contribution is 7.91. The van der Waals surface area contributed by atoms with Gasteiger partial charge in [0.25, 0.3) is 10.0 Å². The van der Waals surface area contributed by atoms with Crippen molar-refractivity contribution in [2.24, 2.45) is 11.8 Å². The van der Waals surface area contributed by atoms with E-state index in [0.717, 1.165) is 12.8 Å². The Morgan fingerprint density at radius 2 is 2.14 bits per heavy atom. The first-order valence-electron chi connectivity index (χ1n) is 7.66. The Morgan fingerprint density at radius 3 is 2.73 bits per heavy atom. The van der Waals surface area contributed by atoms with Crippen molar-refractivity contribution in [3.63, 3.8) is 0 Å². The Hall–Kier alpha value is -0.920. The van der Waals surface area contributed by atoms with Gasteiger partial charge in [-0.25, -0.2) is 8.42 Å². The third-order valence-corrected chi connectivity index (χ3v) is 7.45. The molecule has 1 aromatic rings. The second-order valence-electron chi connectivity index (χ2n) is 6.18. The molecule has 2 heterocycles. The van der Waals surface area contributed by atoms with Crippen LogP contribution >= 0.6 is 11.3 Å². The predicted molar refractivity (Wildman–Crippen MR) is 88.2 cm³/mol. The summed E-state index contributed by atoms with van der Waals surface area (Å²) in [6.07, 6.45) is 1.46. The molecular formula is C15H24N2O3S2. The topological polar surface area (TPSA) is 66.5 Å². The molecule has 1 fully saturated rings. The number of nitrogens with one attached hydrogen (secondary N) is 1. The monoisotopic (exact) mass is 344 g/mol. The summed E-state index contributed by atoms with van der Waals surface area (Å²) in [5.41, 5.74) is 0. The molecule has 1 saturated heterocycles. The van der Waals surface area contributed by atoms with Gasteiger partial charge < -0.3 is 5.32 Å². The van der Waals surface area contributed by atoms with Crippen molar-refractivity contribution < 1.29 is 13.2 Å². The second-order valence-corrected chi connectivity index (χ2v) is 9.29. The van der Waals surface area contributed by atoms with E-state index in [1.54, 1.807) is 17.5 Å². The maximum Gasteiger partial charge on any atom is 0.252 e. The van der Waals surface area contributed by atoms with Crippen molar-refractivity contribution in [2.75, 3.05) is 13.1 Å². The fourth-order valence-corrected chi connectivity index (χ4v) is 5.09. The van der Waals surface area contributed by atoms with E-state index in [1.807, 2.05) is 6.92 Å². The standard InChI is InChI=1S/C15H24N2O3S2/c1-11(2)12(3)16-15(18)13-6-4-8-17(10-13)22(19,20)14-7-5-9-21-14/h5,7,9,11-13H,4,6,8,10H2,1-3H3,(H,16,18)/t12-,13+/m1/s1. The first-order valence-corrected chi connectivity index (χ1v) is 9.98. The molecule has 0 aromatic carbocycles. The number of hydrogen-bond acceptors (Lipinski definition) is 4. The first kappa shape index (κ1) is 17.4.